The summed E-state index contributed by atoms with van der Waals surface area (Å²) in [4.78, 5) is 0. The molecule has 0 atom stereocenters. The van der Waals surface area contributed by atoms with Gasteiger partial charge in [-0.25, -0.2) is 0 Å². The van der Waals surface area contributed by atoms with Crippen molar-refractivity contribution in [3.63, 3.8) is 0 Å². The van der Waals surface area contributed by atoms with E-state index in [0.717, 1.165) is 6.42 Å². The number of hydrogen-bond donors (Lipinski definition) is 1. The van der Waals surface area contributed by atoms with E-state index >= 15 is 0 Å². The summed E-state index contributed by atoms with van der Waals surface area (Å²) in [6.45, 7) is 9.17. The fourth-order valence-electron chi connectivity index (χ4n) is 3.92. The third-order valence-electron chi connectivity index (χ3n) is 6.02. The first-order valence-corrected chi connectivity index (χ1v) is 16.1. The summed E-state index contributed by atoms with van der Waals surface area (Å²) < 4.78 is 0. The van der Waals surface area contributed by atoms with Crippen molar-refractivity contribution in [1.82, 2.24) is 0 Å². The lowest BCUT2D eigenvalue weighted by molar-refractivity contribution is 0.302. The van der Waals surface area contributed by atoms with E-state index in [4.69, 9.17) is 5.11 Å². The van der Waals surface area contributed by atoms with E-state index in [-0.39, 0.29) is 6.61 Å². The monoisotopic (exact) mass is 456 g/mol. The molecule has 0 aliphatic heterocycles. The maximum Gasteiger partial charge on any atom is 0.0465 e. The summed E-state index contributed by atoms with van der Waals surface area (Å²) in [6, 6.07) is 0. The van der Waals surface area contributed by atoms with Crippen molar-refractivity contribution in [3.8, 4) is 0 Å². The smallest absolute Gasteiger partial charge is 0.0465 e. The Labute approximate surface area is 200 Å². The van der Waals surface area contributed by atoms with Gasteiger partial charge in [-0.3, -0.25) is 0 Å². The summed E-state index contributed by atoms with van der Waals surface area (Å²) in [7, 11) is 0.366. The molecule has 0 fully saturated rings. The third kappa shape index (κ3) is 32.4. The quantitative estimate of drug-likeness (QED) is 0.0920. The highest BCUT2D eigenvalue weighted by Gasteiger charge is 2.07. The molecule has 2 heteroatoms. The molecule has 0 saturated carbocycles. The number of unbranched alkanes of at least 4 members (excludes halogenated alkanes) is 15. The molecule has 1 N–H and O–H groups in total. The van der Waals surface area contributed by atoms with E-state index in [9.17, 15) is 0 Å². The summed E-state index contributed by atoms with van der Waals surface area (Å²) in [5.74, 6) is 0. The third-order valence-corrected chi connectivity index (χ3v) is 8.86. The SMILES string of the molecule is CC=CCCO.CCCCCCCCP(CCCCCCCC)CCCCCCCC. The summed E-state index contributed by atoms with van der Waals surface area (Å²) in [5, 5.41) is 8.15. The van der Waals surface area contributed by atoms with Crippen molar-refractivity contribution in [1.29, 1.82) is 0 Å². The van der Waals surface area contributed by atoms with Crippen molar-refractivity contribution in [2.24, 2.45) is 0 Å². The second-order valence-electron chi connectivity index (χ2n) is 9.23. The molecule has 0 amide bonds. The predicted molar refractivity (Wildman–Crippen MR) is 148 cm³/mol. The molecule has 0 aliphatic carbocycles. The molecular formula is C29H61OP. The molecule has 0 unspecified atom stereocenters. The van der Waals surface area contributed by atoms with Gasteiger partial charge in [-0.1, -0.05) is 129 Å². The van der Waals surface area contributed by atoms with Crippen molar-refractivity contribution < 1.29 is 5.11 Å². The first-order chi connectivity index (χ1) is 15.3. The Bertz CT molecular complexity index is 278. The number of rotatable bonds is 23. The number of hydrogen-bond acceptors (Lipinski definition) is 1. The average molecular weight is 457 g/mol. The van der Waals surface area contributed by atoms with Crippen LogP contribution in [0.2, 0.25) is 0 Å². The standard InChI is InChI=1S/C24H51P.C5H10O/c1-4-7-10-13-16-19-22-25(23-20-17-14-11-8-5-2)24-21-18-15-12-9-6-3;1-2-3-4-5-6/h4-24H2,1-3H3;2-3,6H,4-5H2,1H3. The summed E-state index contributed by atoms with van der Waals surface area (Å²) >= 11 is 0. The minimum absolute atomic E-state index is 0.268. The molecule has 0 saturated heterocycles. The van der Waals surface area contributed by atoms with Crippen LogP contribution < -0.4 is 0 Å². The second kappa shape index (κ2) is 32.3. The molecule has 0 aromatic rings. The molecule has 0 radical (unpaired) electrons. The highest BCUT2D eigenvalue weighted by Crippen LogP contribution is 2.39. The Morgan fingerprint density at radius 3 is 1.10 bits per heavy atom. The van der Waals surface area contributed by atoms with Crippen molar-refractivity contribution in [2.75, 3.05) is 25.1 Å². The molecule has 31 heavy (non-hydrogen) atoms. The fraction of sp³-hybridized carbons (Fsp3) is 0.931. The van der Waals surface area contributed by atoms with Crippen molar-refractivity contribution in [2.45, 2.75) is 150 Å². The minimum Gasteiger partial charge on any atom is -0.396 e. The van der Waals surface area contributed by atoms with Gasteiger partial charge in [-0.2, -0.15) is 0 Å². The largest absolute Gasteiger partial charge is 0.396 e. The molecule has 0 aromatic heterocycles. The van der Waals surface area contributed by atoms with Crippen LogP contribution in [0.5, 0.6) is 0 Å². The van der Waals surface area contributed by atoms with E-state index in [1.54, 1.807) is 18.5 Å². The number of allylic oxidation sites excluding steroid dienone is 1. The van der Waals surface area contributed by atoms with Crippen LogP contribution in [-0.4, -0.2) is 30.2 Å². The molecule has 0 spiro atoms. The van der Waals surface area contributed by atoms with Crippen LogP contribution in [0.1, 0.15) is 150 Å². The van der Waals surface area contributed by atoms with Crippen LogP contribution in [0.4, 0.5) is 0 Å². The predicted octanol–water partition coefficient (Wildman–Crippen LogP) is 10.5. The molecule has 0 bridgehead atoms. The summed E-state index contributed by atoms with van der Waals surface area (Å²) in [6.07, 6.45) is 35.9. The van der Waals surface area contributed by atoms with Crippen LogP contribution in [0.15, 0.2) is 12.2 Å². The van der Waals surface area contributed by atoms with E-state index in [2.05, 4.69) is 20.8 Å². The molecule has 0 heterocycles. The Kier molecular flexibility index (Phi) is 34.7. The van der Waals surface area contributed by atoms with Gasteiger partial charge >= 0.3 is 0 Å². The van der Waals surface area contributed by atoms with Gasteiger partial charge in [0, 0.05) is 6.61 Å². The van der Waals surface area contributed by atoms with Gasteiger partial charge in [0.15, 0.2) is 0 Å². The van der Waals surface area contributed by atoms with E-state index in [1.165, 1.54) is 116 Å². The molecule has 188 valence electrons. The van der Waals surface area contributed by atoms with Gasteiger partial charge < -0.3 is 5.11 Å². The van der Waals surface area contributed by atoms with Crippen LogP contribution >= 0.6 is 7.92 Å². The van der Waals surface area contributed by atoms with Gasteiger partial charge in [0.2, 0.25) is 0 Å². The van der Waals surface area contributed by atoms with Gasteiger partial charge in [-0.15, -0.1) is 7.92 Å². The highest BCUT2D eigenvalue weighted by atomic mass is 31.1. The fourth-order valence-corrected chi connectivity index (χ4v) is 6.61. The molecule has 0 aromatic carbocycles. The Balaban J connectivity index is 0. The lowest BCUT2D eigenvalue weighted by atomic mass is 10.1. The first kappa shape index (κ1) is 33.3. The van der Waals surface area contributed by atoms with E-state index in [1.807, 2.05) is 19.1 Å². The zero-order chi connectivity index (χ0) is 23.3. The Hall–Kier alpha value is 0.130. The first-order valence-electron chi connectivity index (χ1n) is 14.2. The number of aliphatic hydroxyl groups is 1. The molecule has 0 aliphatic rings. The Morgan fingerprint density at radius 2 is 0.839 bits per heavy atom. The van der Waals surface area contributed by atoms with Crippen molar-refractivity contribution in [3.05, 3.63) is 12.2 Å². The summed E-state index contributed by atoms with van der Waals surface area (Å²) in [5.41, 5.74) is 0. The van der Waals surface area contributed by atoms with Gasteiger partial charge in [-0.05, 0) is 51.1 Å². The Morgan fingerprint density at radius 1 is 0.516 bits per heavy atom. The van der Waals surface area contributed by atoms with E-state index in [0.29, 0.717) is 7.92 Å². The second-order valence-corrected chi connectivity index (χ2v) is 11.9. The average Bonchev–Trinajstić information content (AvgIpc) is 2.79. The highest BCUT2D eigenvalue weighted by molar-refractivity contribution is 7.57. The van der Waals surface area contributed by atoms with Gasteiger partial charge in [0.25, 0.3) is 0 Å². The van der Waals surface area contributed by atoms with E-state index < -0.39 is 0 Å². The van der Waals surface area contributed by atoms with Crippen LogP contribution in [-0.2, 0) is 0 Å². The lowest BCUT2D eigenvalue weighted by Gasteiger charge is -2.18. The molecular weight excluding hydrogens is 395 g/mol. The van der Waals surface area contributed by atoms with Gasteiger partial charge in [0.1, 0.15) is 0 Å². The minimum atomic E-state index is 0.268. The normalized spacial score (nSPS) is 11.3. The van der Waals surface area contributed by atoms with Crippen LogP contribution in [0, 0.1) is 0 Å². The maximum atomic E-state index is 8.15. The van der Waals surface area contributed by atoms with Crippen LogP contribution in [0.3, 0.4) is 0 Å². The zero-order valence-corrected chi connectivity index (χ0v) is 23.2. The molecule has 0 rings (SSSR count). The lowest BCUT2D eigenvalue weighted by Crippen LogP contribution is -1.97. The topological polar surface area (TPSA) is 20.2 Å². The van der Waals surface area contributed by atoms with Gasteiger partial charge in [0.05, 0.1) is 0 Å². The molecule has 1 nitrogen and oxygen atoms in total. The maximum absolute atomic E-state index is 8.15. The zero-order valence-electron chi connectivity index (χ0n) is 22.3. The van der Waals surface area contributed by atoms with Crippen LogP contribution in [0.25, 0.3) is 0 Å². The number of aliphatic hydroxyl groups excluding tert-OH is 1. The van der Waals surface area contributed by atoms with Crippen molar-refractivity contribution >= 4 is 7.92 Å².